The molecule has 0 bridgehead atoms. The van der Waals surface area contributed by atoms with Crippen molar-refractivity contribution in [3.8, 4) is 0 Å². The van der Waals surface area contributed by atoms with Crippen LogP contribution in [-0.2, 0) is 9.59 Å². The van der Waals surface area contributed by atoms with Gasteiger partial charge in [0.15, 0.2) is 5.78 Å². The summed E-state index contributed by atoms with van der Waals surface area (Å²) in [5.41, 5.74) is 0.684. The lowest BCUT2D eigenvalue weighted by atomic mass is 9.80. The highest BCUT2D eigenvalue weighted by Crippen LogP contribution is 2.32. The number of Topliss-reactive ketones (excluding diaryl/α,β-unsaturated/α-hetero) is 1. The second-order valence-corrected chi connectivity index (χ2v) is 10.2. The summed E-state index contributed by atoms with van der Waals surface area (Å²) in [4.78, 5) is 41.9. The minimum Gasteiger partial charge on any atom is -0.366 e. The van der Waals surface area contributed by atoms with Crippen molar-refractivity contribution in [1.29, 1.82) is 0 Å². The smallest absolute Gasteiger partial charge is 0.251 e. The molecule has 0 radical (unpaired) electrons. The number of halogens is 1. The average molecular weight is 458 g/mol. The van der Waals surface area contributed by atoms with Gasteiger partial charge in [-0.3, -0.25) is 14.4 Å². The van der Waals surface area contributed by atoms with E-state index in [9.17, 15) is 18.8 Å². The predicted octanol–water partition coefficient (Wildman–Crippen LogP) is 3.79. The van der Waals surface area contributed by atoms with Crippen LogP contribution in [0.15, 0.2) is 18.2 Å². The quantitative estimate of drug-likeness (QED) is 0.676. The van der Waals surface area contributed by atoms with Gasteiger partial charge in [-0.15, -0.1) is 0 Å². The van der Waals surface area contributed by atoms with Gasteiger partial charge in [-0.25, -0.2) is 4.39 Å². The second kappa shape index (κ2) is 10.2. The molecule has 4 rings (SSSR count). The minimum absolute atomic E-state index is 0.0472. The van der Waals surface area contributed by atoms with E-state index >= 15 is 0 Å². The van der Waals surface area contributed by atoms with E-state index in [4.69, 9.17) is 0 Å². The first kappa shape index (κ1) is 23.7. The van der Waals surface area contributed by atoms with Crippen LogP contribution in [-0.4, -0.2) is 54.7 Å². The van der Waals surface area contributed by atoms with Crippen molar-refractivity contribution in [3.63, 3.8) is 0 Å². The third kappa shape index (κ3) is 5.56. The number of carbonyl (C=O) groups excluding carboxylic acids is 3. The molecule has 1 aromatic carbocycles. The standard InChI is InChI=1S/C26H36FN3O3/c1-17(2)24(31)23(18-6-4-3-5-7-18)28-25(32)20-10-11-22(21(27)16-20)29-12-14-30(15-13-29)26(33)19-8-9-19/h10-11,16-19,23H,3-9,12-15H2,1-2H3,(H,28,32)/t23-/m1/s1. The van der Waals surface area contributed by atoms with Crippen LogP contribution in [0.25, 0.3) is 0 Å². The molecule has 1 aromatic rings. The van der Waals surface area contributed by atoms with E-state index in [2.05, 4.69) is 5.32 Å². The van der Waals surface area contributed by atoms with E-state index in [1.165, 1.54) is 12.5 Å². The van der Waals surface area contributed by atoms with Crippen LogP contribution >= 0.6 is 0 Å². The molecule has 2 saturated carbocycles. The number of carbonyl (C=O) groups is 3. The van der Waals surface area contributed by atoms with Gasteiger partial charge in [-0.05, 0) is 49.8 Å². The molecule has 0 unspecified atom stereocenters. The zero-order chi connectivity index (χ0) is 23.5. The molecule has 180 valence electrons. The summed E-state index contributed by atoms with van der Waals surface area (Å²) in [7, 11) is 0. The number of piperazine rings is 1. The SMILES string of the molecule is CC(C)C(=O)[C@H](NC(=O)c1ccc(N2CCN(C(=O)C3CC3)CC2)c(F)c1)C1CCCCC1. The van der Waals surface area contributed by atoms with Crippen molar-refractivity contribution in [3.05, 3.63) is 29.6 Å². The first-order valence-corrected chi connectivity index (χ1v) is 12.5. The molecule has 3 fully saturated rings. The first-order valence-electron chi connectivity index (χ1n) is 12.5. The van der Waals surface area contributed by atoms with Gasteiger partial charge in [0.2, 0.25) is 5.91 Å². The van der Waals surface area contributed by atoms with Crippen LogP contribution in [0.3, 0.4) is 0 Å². The molecule has 6 nitrogen and oxygen atoms in total. The van der Waals surface area contributed by atoms with Gasteiger partial charge >= 0.3 is 0 Å². The maximum absolute atomic E-state index is 15.0. The summed E-state index contributed by atoms with van der Waals surface area (Å²) in [5.74, 6) is -0.389. The minimum atomic E-state index is -0.516. The van der Waals surface area contributed by atoms with E-state index < -0.39 is 17.8 Å². The maximum atomic E-state index is 15.0. The summed E-state index contributed by atoms with van der Waals surface area (Å²) in [6.45, 7) is 6.06. The lowest BCUT2D eigenvalue weighted by molar-refractivity contribution is -0.132. The molecule has 33 heavy (non-hydrogen) atoms. The number of rotatable bonds is 7. The van der Waals surface area contributed by atoms with Crippen molar-refractivity contribution in [1.82, 2.24) is 10.2 Å². The number of amides is 2. The van der Waals surface area contributed by atoms with Crippen molar-refractivity contribution in [2.24, 2.45) is 17.8 Å². The van der Waals surface area contributed by atoms with Crippen LogP contribution in [0.1, 0.15) is 69.2 Å². The van der Waals surface area contributed by atoms with Gasteiger partial charge in [0.1, 0.15) is 5.82 Å². The molecule has 0 spiro atoms. The van der Waals surface area contributed by atoms with Gasteiger partial charge in [0.05, 0.1) is 11.7 Å². The Bertz CT molecular complexity index is 885. The van der Waals surface area contributed by atoms with Crippen molar-refractivity contribution >= 4 is 23.3 Å². The molecule has 1 aliphatic heterocycles. The number of ketones is 1. The Morgan fingerprint density at radius 1 is 0.970 bits per heavy atom. The van der Waals surface area contributed by atoms with Crippen LogP contribution in [0.4, 0.5) is 10.1 Å². The summed E-state index contributed by atoms with van der Waals surface area (Å²) < 4.78 is 15.0. The zero-order valence-electron chi connectivity index (χ0n) is 19.8. The van der Waals surface area contributed by atoms with Gasteiger partial charge in [-0.1, -0.05) is 33.1 Å². The van der Waals surface area contributed by atoms with Gasteiger partial charge in [0.25, 0.3) is 5.91 Å². The first-order chi connectivity index (χ1) is 15.8. The van der Waals surface area contributed by atoms with Crippen molar-refractivity contribution in [2.75, 3.05) is 31.1 Å². The molecule has 2 aliphatic carbocycles. The highest BCUT2D eigenvalue weighted by atomic mass is 19.1. The van der Waals surface area contributed by atoms with E-state index in [1.54, 1.807) is 12.1 Å². The van der Waals surface area contributed by atoms with Gasteiger partial charge in [0, 0.05) is 43.6 Å². The van der Waals surface area contributed by atoms with Crippen LogP contribution < -0.4 is 10.2 Å². The number of benzene rings is 1. The highest BCUT2D eigenvalue weighted by Gasteiger charge is 2.35. The topological polar surface area (TPSA) is 69.7 Å². The molecule has 0 aromatic heterocycles. The molecule has 1 atom stereocenters. The number of nitrogens with zero attached hydrogens (tertiary/aromatic N) is 2. The molecule has 2 amide bonds. The van der Waals surface area contributed by atoms with E-state index in [0.717, 1.165) is 38.5 Å². The fourth-order valence-corrected chi connectivity index (χ4v) is 5.13. The molecular weight excluding hydrogens is 421 g/mol. The number of anilines is 1. The Hall–Kier alpha value is -2.44. The Kier molecular flexibility index (Phi) is 7.35. The second-order valence-electron chi connectivity index (χ2n) is 10.2. The number of nitrogens with one attached hydrogen (secondary N) is 1. The highest BCUT2D eigenvalue weighted by molar-refractivity contribution is 5.98. The largest absolute Gasteiger partial charge is 0.366 e. The lowest BCUT2D eigenvalue weighted by Gasteiger charge is -2.36. The summed E-state index contributed by atoms with van der Waals surface area (Å²) >= 11 is 0. The van der Waals surface area contributed by atoms with E-state index in [1.807, 2.05) is 23.6 Å². The maximum Gasteiger partial charge on any atom is 0.251 e. The van der Waals surface area contributed by atoms with Crippen molar-refractivity contribution < 1.29 is 18.8 Å². The molecular formula is C26H36FN3O3. The Labute approximate surface area is 195 Å². The Morgan fingerprint density at radius 2 is 1.64 bits per heavy atom. The van der Waals surface area contributed by atoms with Gasteiger partial charge < -0.3 is 15.1 Å². The van der Waals surface area contributed by atoms with Gasteiger partial charge in [-0.2, -0.15) is 0 Å². The number of hydrogen-bond acceptors (Lipinski definition) is 4. The van der Waals surface area contributed by atoms with Crippen LogP contribution in [0.2, 0.25) is 0 Å². The summed E-state index contributed by atoms with van der Waals surface area (Å²) in [5, 5.41) is 2.93. The Balaban J connectivity index is 1.40. The monoisotopic (exact) mass is 457 g/mol. The third-order valence-electron chi connectivity index (χ3n) is 7.35. The number of hydrogen-bond donors (Lipinski definition) is 1. The molecule has 1 N–H and O–H groups in total. The Morgan fingerprint density at radius 3 is 2.21 bits per heavy atom. The van der Waals surface area contributed by atoms with Crippen LogP contribution in [0.5, 0.6) is 0 Å². The summed E-state index contributed by atoms with van der Waals surface area (Å²) in [6, 6.07) is 4.03. The molecule has 3 aliphatic rings. The molecule has 7 heteroatoms. The van der Waals surface area contributed by atoms with Crippen molar-refractivity contribution in [2.45, 2.75) is 64.8 Å². The molecule has 1 heterocycles. The van der Waals surface area contributed by atoms with Crippen LogP contribution in [0, 0.1) is 23.6 Å². The van der Waals surface area contributed by atoms with E-state index in [-0.39, 0.29) is 35.0 Å². The fraction of sp³-hybridized carbons (Fsp3) is 0.654. The average Bonchev–Trinajstić information content (AvgIpc) is 3.67. The third-order valence-corrected chi connectivity index (χ3v) is 7.35. The van der Waals surface area contributed by atoms with E-state index in [0.29, 0.717) is 31.9 Å². The zero-order valence-corrected chi connectivity index (χ0v) is 19.8. The lowest BCUT2D eigenvalue weighted by Crippen LogP contribution is -2.49. The predicted molar refractivity (Wildman–Crippen MR) is 126 cm³/mol. The summed E-state index contributed by atoms with van der Waals surface area (Å²) in [6.07, 6.45) is 7.17. The normalized spacial score (nSPS) is 20.6. The fourth-order valence-electron chi connectivity index (χ4n) is 5.13. The molecule has 1 saturated heterocycles.